The summed E-state index contributed by atoms with van der Waals surface area (Å²) < 4.78 is 5.21. The van der Waals surface area contributed by atoms with Gasteiger partial charge in [0.2, 0.25) is 5.91 Å². The van der Waals surface area contributed by atoms with Gasteiger partial charge in [-0.05, 0) is 41.0 Å². The van der Waals surface area contributed by atoms with Crippen molar-refractivity contribution in [2.45, 2.75) is 32.6 Å². The Morgan fingerprint density at radius 2 is 1.95 bits per heavy atom. The number of amides is 1. The fourth-order valence-corrected chi connectivity index (χ4v) is 2.22. The SMILES string of the molecule is CCCCCC(=O)N/N=C/c1ccc2cc(OC)ccc2c1. The molecule has 0 aromatic heterocycles. The Hall–Kier alpha value is -2.36. The number of carbonyl (C=O) groups excluding carboxylic acids is 1. The molecule has 1 N–H and O–H groups in total. The van der Waals surface area contributed by atoms with E-state index in [2.05, 4.69) is 17.5 Å². The van der Waals surface area contributed by atoms with E-state index in [0.29, 0.717) is 6.42 Å². The van der Waals surface area contributed by atoms with Crippen molar-refractivity contribution in [3.05, 3.63) is 42.0 Å². The van der Waals surface area contributed by atoms with Crippen molar-refractivity contribution in [3.8, 4) is 5.75 Å². The quantitative estimate of drug-likeness (QED) is 0.479. The van der Waals surface area contributed by atoms with Gasteiger partial charge in [0.1, 0.15) is 5.75 Å². The van der Waals surface area contributed by atoms with Crippen LogP contribution in [-0.2, 0) is 4.79 Å². The molecule has 22 heavy (non-hydrogen) atoms. The fourth-order valence-electron chi connectivity index (χ4n) is 2.22. The van der Waals surface area contributed by atoms with Crippen molar-refractivity contribution < 1.29 is 9.53 Å². The van der Waals surface area contributed by atoms with Crippen LogP contribution in [-0.4, -0.2) is 19.2 Å². The molecule has 0 atom stereocenters. The van der Waals surface area contributed by atoms with E-state index in [1.165, 1.54) is 0 Å². The molecule has 1 amide bonds. The van der Waals surface area contributed by atoms with Gasteiger partial charge < -0.3 is 4.74 Å². The summed E-state index contributed by atoms with van der Waals surface area (Å²) in [5.41, 5.74) is 3.52. The Labute approximate surface area is 131 Å². The van der Waals surface area contributed by atoms with Crippen LogP contribution >= 0.6 is 0 Å². The van der Waals surface area contributed by atoms with E-state index < -0.39 is 0 Å². The van der Waals surface area contributed by atoms with E-state index in [1.54, 1.807) is 13.3 Å². The third-order valence-corrected chi connectivity index (χ3v) is 3.48. The van der Waals surface area contributed by atoms with Gasteiger partial charge in [0.05, 0.1) is 13.3 Å². The molecule has 0 aliphatic heterocycles. The number of hydrogen-bond donors (Lipinski definition) is 1. The minimum atomic E-state index is -0.0322. The van der Waals surface area contributed by atoms with Crippen LogP contribution in [0.15, 0.2) is 41.5 Å². The molecule has 0 bridgehead atoms. The number of methoxy groups -OCH3 is 1. The Kier molecular flexibility index (Phi) is 5.95. The molecule has 0 heterocycles. The first-order chi connectivity index (χ1) is 10.7. The Balaban J connectivity index is 1.96. The second-order valence-corrected chi connectivity index (χ2v) is 5.22. The standard InChI is InChI=1S/C18H22N2O2/c1-3-4-5-6-18(21)20-19-13-14-7-8-16-12-17(22-2)10-9-15(16)11-14/h7-13H,3-6H2,1-2H3,(H,20,21)/b19-13+. The van der Waals surface area contributed by atoms with Crippen molar-refractivity contribution in [2.24, 2.45) is 5.10 Å². The lowest BCUT2D eigenvalue weighted by Crippen LogP contribution is -2.16. The van der Waals surface area contributed by atoms with Gasteiger partial charge >= 0.3 is 0 Å². The summed E-state index contributed by atoms with van der Waals surface area (Å²) >= 11 is 0. The first-order valence-corrected chi connectivity index (χ1v) is 7.62. The molecule has 116 valence electrons. The van der Waals surface area contributed by atoms with Gasteiger partial charge in [0.25, 0.3) is 0 Å². The minimum absolute atomic E-state index is 0.0322. The van der Waals surface area contributed by atoms with Crippen LogP contribution in [0.5, 0.6) is 5.75 Å². The summed E-state index contributed by atoms with van der Waals surface area (Å²) in [7, 11) is 1.66. The first-order valence-electron chi connectivity index (χ1n) is 7.62. The second kappa shape index (κ2) is 8.17. The van der Waals surface area contributed by atoms with Crippen molar-refractivity contribution in [1.29, 1.82) is 0 Å². The summed E-state index contributed by atoms with van der Waals surface area (Å²) in [6, 6.07) is 11.9. The highest BCUT2D eigenvalue weighted by Crippen LogP contribution is 2.21. The molecule has 0 spiro atoms. The normalized spacial score (nSPS) is 11.0. The number of unbranched alkanes of at least 4 members (excludes halogenated alkanes) is 2. The maximum Gasteiger partial charge on any atom is 0.240 e. The van der Waals surface area contributed by atoms with E-state index in [4.69, 9.17) is 4.74 Å². The molecule has 0 fully saturated rings. The summed E-state index contributed by atoms with van der Waals surface area (Å²) in [5, 5.41) is 6.23. The Bertz CT molecular complexity index is 665. The first kappa shape index (κ1) is 16.0. The number of hydrogen-bond acceptors (Lipinski definition) is 3. The molecule has 0 aliphatic rings. The number of nitrogens with one attached hydrogen (secondary N) is 1. The topological polar surface area (TPSA) is 50.7 Å². The number of rotatable bonds is 7. The zero-order valence-electron chi connectivity index (χ0n) is 13.1. The zero-order chi connectivity index (χ0) is 15.8. The molecule has 0 saturated carbocycles. The Morgan fingerprint density at radius 1 is 1.18 bits per heavy atom. The minimum Gasteiger partial charge on any atom is -0.497 e. The van der Waals surface area contributed by atoms with Crippen LogP contribution in [0.1, 0.15) is 38.2 Å². The van der Waals surface area contributed by atoms with Crippen LogP contribution in [0.2, 0.25) is 0 Å². The van der Waals surface area contributed by atoms with Crippen LogP contribution in [0, 0.1) is 0 Å². The van der Waals surface area contributed by atoms with Crippen molar-refractivity contribution in [3.63, 3.8) is 0 Å². The van der Waals surface area contributed by atoms with Gasteiger partial charge in [-0.15, -0.1) is 0 Å². The van der Waals surface area contributed by atoms with E-state index in [-0.39, 0.29) is 5.91 Å². The van der Waals surface area contributed by atoms with Gasteiger partial charge in [0, 0.05) is 6.42 Å². The average molecular weight is 298 g/mol. The Morgan fingerprint density at radius 3 is 2.73 bits per heavy atom. The number of benzene rings is 2. The lowest BCUT2D eigenvalue weighted by atomic mass is 10.1. The summed E-state index contributed by atoms with van der Waals surface area (Å²) in [5.74, 6) is 0.809. The molecule has 0 radical (unpaired) electrons. The van der Waals surface area contributed by atoms with Gasteiger partial charge in [-0.2, -0.15) is 5.10 Å². The van der Waals surface area contributed by atoms with Crippen molar-refractivity contribution >= 4 is 22.9 Å². The maximum absolute atomic E-state index is 11.6. The smallest absolute Gasteiger partial charge is 0.240 e. The van der Waals surface area contributed by atoms with Gasteiger partial charge in [-0.3, -0.25) is 4.79 Å². The van der Waals surface area contributed by atoms with Crippen molar-refractivity contribution in [1.82, 2.24) is 5.43 Å². The maximum atomic E-state index is 11.6. The third kappa shape index (κ3) is 4.58. The molecule has 2 rings (SSSR count). The van der Waals surface area contributed by atoms with Gasteiger partial charge in [0.15, 0.2) is 0 Å². The summed E-state index contributed by atoms with van der Waals surface area (Å²) in [6.45, 7) is 2.12. The molecule has 0 unspecified atom stereocenters. The van der Waals surface area contributed by atoms with Crippen LogP contribution in [0.4, 0.5) is 0 Å². The summed E-state index contributed by atoms with van der Waals surface area (Å²) in [6.07, 6.45) is 5.30. The number of carbonyl (C=O) groups is 1. The van der Waals surface area contributed by atoms with Crippen molar-refractivity contribution in [2.75, 3.05) is 7.11 Å². The average Bonchev–Trinajstić information content (AvgIpc) is 2.54. The van der Waals surface area contributed by atoms with Crippen LogP contribution in [0.25, 0.3) is 10.8 Å². The molecular formula is C18H22N2O2. The number of fused-ring (bicyclic) bond motifs is 1. The van der Waals surface area contributed by atoms with E-state index in [9.17, 15) is 4.79 Å². The van der Waals surface area contributed by atoms with Crippen LogP contribution < -0.4 is 10.2 Å². The second-order valence-electron chi connectivity index (χ2n) is 5.22. The van der Waals surface area contributed by atoms with E-state index in [0.717, 1.165) is 41.3 Å². The largest absolute Gasteiger partial charge is 0.497 e. The lowest BCUT2D eigenvalue weighted by molar-refractivity contribution is -0.121. The molecule has 0 aliphatic carbocycles. The molecule has 2 aromatic rings. The van der Waals surface area contributed by atoms with Gasteiger partial charge in [-0.1, -0.05) is 38.0 Å². The third-order valence-electron chi connectivity index (χ3n) is 3.48. The molecule has 4 heteroatoms. The van der Waals surface area contributed by atoms with E-state index >= 15 is 0 Å². The predicted molar refractivity (Wildman–Crippen MR) is 90.4 cm³/mol. The van der Waals surface area contributed by atoms with Gasteiger partial charge in [-0.25, -0.2) is 5.43 Å². The molecule has 4 nitrogen and oxygen atoms in total. The number of nitrogens with zero attached hydrogens (tertiary/aromatic N) is 1. The molecule has 0 saturated heterocycles. The summed E-state index contributed by atoms with van der Waals surface area (Å²) in [4.78, 5) is 11.6. The molecule has 2 aromatic carbocycles. The number of ether oxygens (including phenoxy) is 1. The zero-order valence-corrected chi connectivity index (χ0v) is 13.1. The predicted octanol–water partition coefficient (Wildman–Crippen LogP) is 3.88. The lowest BCUT2D eigenvalue weighted by Gasteiger charge is -2.03. The van der Waals surface area contributed by atoms with Crippen LogP contribution in [0.3, 0.4) is 0 Å². The highest BCUT2D eigenvalue weighted by atomic mass is 16.5. The highest BCUT2D eigenvalue weighted by molar-refractivity contribution is 5.91. The fraction of sp³-hybridized carbons (Fsp3) is 0.333. The molecular weight excluding hydrogens is 276 g/mol. The highest BCUT2D eigenvalue weighted by Gasteiger charge is 1.99. The monoisotopic (exact) mass is 298 g/mol. The van der Waals surface area contributed by atoms with E-state index in [1.807, 2.05) is 36.4 Å². The number of hydrazone groups is 1.